The molecule has 0 spiro atoms. The van der Waals surface area contributed by atoms with Gasteiger partial charge in [0.2, 0.25) is 0 Å². The lowest BCUT2D eigenvalue weighted by Gasteiger charge is -2.10. The highest BCUT2D eigenvalue weighted by Gasteiger charge is 2.08. The van der Waals surface area contributed by atoms with Crippen LogP contribution in [-0.4, -0.2) is 30.0 Å². The van der Waals surface area contributed by atoms with Gasteiger partial charge in [-0.3, -0.25) is 0 Å². The average Bonchev–Trinajstić information content (AvgIpc) is 2.51. The Morgan fingerprint density at radius 3 is 2.38 bits per heavy atom. The minimum absolute atomic E-state index is 0.270. The number of aliphatic hydroxyl groups excluding tert-OH is 2. The first kappa shape index (κ1) is 15.5. The number of ether oxygens (including phenoxy) is 1. The topological polar surface area (TPSA) is 49.7 Å². The predicted octanol–water partition coefficient (Wildman–Crippen LogP) is 2.32. The van der Waals surface area contributed by atoms with Crippen molar-refractivity contribution >= 4 is 0 Å². The predicted molar refractivity (Wildman–Crippen MR) is 79.0 cm³/mol. The third-order valence-electron chi connectivity index (χ3n) is 3.35. The molecule has 1 atom stereocenters. The van der Waals surface area contributed by atoms with Gasteiger partial charge in [-0.2, -0.15) is 0 Å². The standard InChI is InChI=1S/C17H19FO3/c1-21-16-5-2-12(3-6-16)8-14-9-13(4-7-17(14)18)10-15(20)11-19/h2-7,9,15,19-20H,8,10-11H2,1H3/t15-/m0/s1. The lowest BCUT2D eigenvalue weighted by Crippen LogP contribution is -2.15. The Kier molecular flexibility index (Phi) is 5.31. The van der Waals surface area contributed by atoms with Crippen molar-refractivity contribution in [3.63, 3.8) is 0 Å². The molecule has 21 heavy (non-hydrogen) atoms. The van der Waals surface area contributed by atoms with Crippen molar-refractivity contribution in [3.05, 3.63) is 65.0 Å². The van der Waals surface area contributed by atoms with Crippen molar-refractivity contribution in [2.45, 2.75) is 18.9 Å². The first-order chi connectivity index (χ1) is 10.1. The average molecular weight is 290 g/mol. The fourth-order valence-electron chi connectivity index (χ4n) is 2.19. The molecule has 0 bridgehead atoms. The summed E-state index contributed by atoms with van der Waals surface area (Å²) >= 11 is 0. The third kappa shape index (κ3) is 4.28. The number of methoxy groups -OCH3 is 1. The second-order valence-corrected chi connectivity index (χ2v) is 4.99. The normalized spacial score (nSPS) is 12.2. The fraction of sp³-hybridized carbons (Fsp3) is 0.294. The summed E-state index contributed by atoms with van der Waals surface area (Å²) in [5, 5.41) is 18.3. The Bertz CT molecular complexity index is 581. The number of hydrogen-bond donors (Lipinski definition) is 2. The van der Waals surface area contributed by atoms with Crippen LogP contribution in [0.5, 0.6) is 5.75 Å². The quantitative estimate of drug-likeness (QED) is 0.858. The molecule has 0 fully saturated rings. The molecule has 2 N–H and O–H groups in total. The molecule has 2 aromatic carbocycles. The van der Waals surface area contributed by atoms with Gasteiger partial charge in [0.25, 0.3) is 0 Å². The minimum atomic E-state index is -0.815. The highest BCUT2D eigenvalue weighted by Crippen LogP contribution is 2.18. The maximum atomic E-state index is 13.9. The van der Waals surface area contributed by atoms with Gasteiger partial charge in [0, 0.05) is 12.8 Å². The molecule has 0 aromatic heterocycles. The Hall–Kier alpha value is -1.91. The monoisotopic (exact) mass is 290 g/mol. The van der Waals surface area contributed by atoms with E-state index in [-0.39, 0.29) is 12.4 Å². The summed E-state index contributed by atoms with van der Waals surface area (Å²) < 4.78 is 19.0. The van der Waals surface area contributed by atoms with Crippen LogP contribution in [0.4, 0.5) is 4.39 Å². The molecule has 0 saturated heterocycles. The molecule has 3 nitrogen and oxygen atoms in total. The van der Waals surface area contributed by atoms with E-state index in [2.05, 4.69) is 0 Å². The third-order valence-corrected chi connectivity index (χ3v) is 3.35. The lowest BCUT2D eigenvalue weighted by atomic mass is 9.99. The highest BCUT2D eigenvalue weighted by atomic mass is 19.1. The van der Waals surface area contributed by atoms with E-state index in [9.17, 15) is 9.50 Å². The van der Waals surface area contributed by atoms with E-state index >= 15 is 0 Å². The Balaban J connectivity index is 2.15. The number of benzene rings is 2. The van der Waals surface area contributed by atoms with E-state index in [1.165, 1.54) is 6.07 Å². The molecule has 0 aliphatic rings. The number of hydrogen-bond acceptors (Lipinski definition) is 3. The van der Waals surface area contributed by atoms with Gasteiger partial charge in [-0.05, 0) is 34.9 Å². The second-order valence-electron chi connectivity index (χ2n) is 4.99. The van der Waals surface area contributed by atoms with Crippen LogP contribution in [-0.2, 0) is 12.8 Å². The van der Waals surface area contributed by atoms with E-state index in [0.29, 0.717) is 18.4 Å². The first-order valence-corrected chi connectivity index (χ1v) is 6.81. The Morgan fingerprint density at radius 2 is 1.76 bits per heavy atom. The lowest BCUT2D eigenvalue weighted by molar-refractivity contribution is 0.0955. The molecule has 4 heteroatoms. The maximum Gasteiger partial charge on any atom is 0.126 e. The van der Waals surface area contributed by atoms with Crippen LogP contribution in [0.3, 0.4) is 0 Å². The first-order valence-electron chi connectivity index (χ1n) is 6.81. The molecule has 0 saturated carbocycles. The molecular weight excluding hydrogens is 271 g/mol. The fourth-order valence-corrected chi connectivity index (χ4v) is 2.19. The molecule has 2 rings (SSSR count). The van der Waals surface area contributed by atoms with Gasteiger partial charge >= 0.3 is 0 Å². The van der Waals surface area contributed by atoms with Crippen LogP contribution in [0.2, 0.25) is 0 Å². The van der Waals surface area contributed by atoms with Crippen molar-refractivity contribution in [3.8, 4) is 5.75 Å². The van der Waals surface area contributed by atoms with Gasteiger partial charge in [0.05, 0.1) is 19.8 Å². The summed E-state index contributed by atoms with van der Waals surface area (Å²) in [6.45, 7) is -0.300. The van der Waals surface area contributed by atoms with Gasteiger partial charge < -0.3 is 14.9 Å². The zero-order valence-corrected chi connectivity index (χ0v) is 11.9. The summed E-state index contributed by atoms with van der Waals surface area (Å²) in [6, 6.07) is 12.2. The highest BCUT2D eigenvalue weighted by molar-refractivity contribution is 5.34. The van der Waals surface area contributed by atoms with Gasteiger partial charge in [-0.25, -0.2) is 4.39 Å². The molecule has 0 heterocycles. The van der Waals surface area contributed by atoms with Crippen LogP contribution in [0.25, 0.3) is 0 Å². The summed E-state index contributed by atoms with van der Waals surface area (Å²) in [5.74, 6) is 0.493. The second kappa shape index (κ2) is 7.20. The van der Waals surface area contributed by atoms with E-state index in [0.717, 1.165) is 16.9 Å². The van der Waals surface area contributed by atoms with Crippen LogP contribution in [0, 0.1) is 5.82 Å². The molecule has 0 aliphatic heterocycles. The molecule has 0 aliphatic carbocycles. The maximum absolute atomic E-state index is 13.9. The molecule has 0 unspecified atom stereocenters. The molecule has 112 valence electrons. The number of aliphatic hydroxyl groups is 2. The smallest absolute Gasteiger partial charge is 0.126 e. The summed E-state index contributed by atoms with van der Waals surface area (Å²) in [6.07, 6.45) is -0.0324. The molecule has 0 amide bonds. The van der Waals surface area contributed by atoms with E-state index in [1.54, 1.807) is 19.2 Å². The van der Waals surface area contributed by atoms with Crippen LogP contribution in [0.1, 0.15) is 16.7 Å². The van der Waals surface area contributed by atoms with Crippen molar-refractivity contribution in [2.75, 3.05) is 13.7 Å². The molecule has 0 radical (unpaired) electrons. The Labute approximate surface area is 123 Å². The van der Waals surface area contributed by atoms with Gasteiger partial charge in [-0.1, -0.05) is 24.3 Å². The zero-order chi connectivity index (χ0) is 15.2. The summed E-state index contributed by atoms with van der Waals surface area (Å²) in [4.78, 5) is 0. The summed E-state index contributed by atoms with van der Waals surface area (Å²) in [7, 11) is 1.60. The van der Waals surface area contributed by atoms with Crippen LogP contribution >= 0.6 is 0 Å². The molecule has 2 aromatic rings. The van der Waals surface area contributed by atoms with Gasteiger partial charge in [0.15, 0.2) is 0 Å². The number of rotatable bonds is 6. The van der Waals surface area contributed by atoms with E-state index < -0.39 is 6.10 Å². The van der Waals surface area contributed by atoms with Crippen molar-refractivity contribution < 1.29 is 19.3 Å². The Morgan fingerprint density at radius 1 is 1.10 bits per heavy atom. The van der Waals surface area contributed by atoms with Crippen LogP contribution < -0.4 is 4.74 Å². The summed E-state index contributed by atoms with van der Waals surface area (Å²) in [5.41, 5.74) is 2.36. The van der Waals surface area contributed by atoms with E-state index in [1.807, 2.05) is 24.3 Å². The number of halogens is 1. The van der Waals surface area contributed by atoms with Crippen molar-refractivity contribution in [2.24, 2.45) is 0 Å². The van der Waals surface area contributed by atoms with Gasteiger partial charge in [0.1, 0.15) is 11.6 Å². The SMILES string of the molecule is COc1ccc(Cc2cc(C[C@H](O)CO)ccc2F)cc1. The molecular formula is C17H19FO3. The minimum Gasteiger partial charge on any atom is -0.497 e. The van der Waals surface area contributed by atoms with Gasteiger partial charge in [-0.15, -0.1) is 0 Å². The van der Waals surface area contributed by atoms with Crippen molar-refractivity contribution in [1.29, 1.82) is 0 Å². The largest absolute Gasteiger partial charge is 0.497 e. The van der Waals surface area contributed by atoms with E-state index in [4.69, 9.17) is 9.84 Å². The zero-order valence-electron chi connectivity index (χ0n) is 11.9. The van der Waals surface area contributed by atoms with Crippen molar-refractivity contribution in [1.82, 2.24) is 0 Å². The van der Waals surface area contributed by atoms with Crippen LogP contribution in [0.15, 0.2) is 42.5 Å².